The molecule has 3 atom stereocenters. The average molecular weight is 254 g/mol. The van der Waals surface area contributed by atoms with Gasteiger partial charge in [-0.3, -0.25) is 0 Å². The predicted molar refractivity (Wildman–Crippen MR) is 75.0 cm³/mol. The van der Waals surface area contributed by atoms with E-state index in [1.54, 1.807) is 0 Å². The maximum absolute atomic E-state index is 9.33. The van der Waals surface area contributed by atoms with Gasteiger partial charge in [-0.15, -0.1) is 0 Å². The summed E-state index contributed by atoms with van der Waals surface area (Å²) in [6.07, 6.45) is 1.94. The number of ether oxygens (including phenoxy) is 1. The van der Waals surface area contributed by atoms with E-state index in [1.165, 1.54) is 5.56 Å². The van der Waals surface area contributed by atoms with Crippen molar-refractivity contribution in [2.45, 2.75) is 51.8 Å². The van der Waals surface area contributed by atoms with Crippen LogP contribution < -0.4 is 4.74 Å². The minimum absolute atomic E-state index is 0.202. The fourth-order valence-electron chi connectivity index (χ4n) is 1.53. The van der Waals surface area contributed by atoms with Crippen molar-refractivity contribution in [1.82, 2.24) is 0 Å². The summed E-state index contributed by atoms with van der Waals surface area (Å²) >= 11 is 0. The van der Waals surface area contributed by atoms with Crippen molar-refractivity contribution in [2.24, 2.45) is 0 Å². The zero-order valence-corrected chi connectivity index (χ0v) is 12.2. The first kappa shape index (κ1) is 14.5. The SMILES string of the molecule is CCC(C)c1ccc(OC(C)(CC)PO)cc1. The minimum Gasteiger partial charge on any atom is -0.481 e. The lowest BCUT2D eigenvalue weighted by Crippen LogP contribution is -2.25. The summed E-state index contributed by atoms with van der Waals surface area (Å²) in [5.74, 6) is 1.42. The van der Waals surface area contributed by atoms with Crippen LogP contribution in [0, 0.1) is 0 Å². The second-order valence-electron chi connectivity index (χ2n) is 4.68. The highest BCUT2D eigenvalue weighted by Gasteiger charge is 2.23. The van der Waals surface area contributed by atoms with Crippen LogP contribution in [-0.4, -0.2) is 10.2 Å². The van der Waals surface area contributed by atoms with Crippen LogP contribution in [0.25, 0.3) is 0 Å². The smallest absolute Gasteiger partial charge is 0.146 e. The van der Waals surface area contributed by atoms with Crippen molar-refractivity contribution < 1.29 is 9.63 Å². The van der Waals surface area contributed by atoms with Crippen molar-refractivity contribution in [3.05, 3.63) is 29.8 Å². The molecule has 0 aliphatic carbocycles. The Labute approximate surface area is 106 Å². The average Bonchev–Trinajstić information content (AvgIpc) is 2.38. The molecule has 0 saturated carbocycles. The normalized spacial score (nSPS) is 17.0. The number of hydrogen-bond acceptors (Lipinski definition) is 2. The topological polar surface area (TPSA) is 29.5 Å². The van der Waals surface area contributed by atoms with Crippen molar-refractivity contribution >= 4 is 8.81 Å². The van der Waals surface area contributed by atoms with Crippen LogP contribution in [0.2, 0.25) is 0 Å². The lowest BCUT2D eigenvalue weighted by atomic mass is 9.99. The quantitative estimate of drug-likeness (QED) is 0.767. The van der Waals surface area contributed by atoms with Crippen LogP contribution >= 0.6 is 8.81 Å². The van der Waals surface area contributed by atoms with Crippen LogP contribution in [0.1, 0.15) is 52.0 Å². The van der Waals surface area contributed by atoms with E-state index >= 15 is 0 Å². The predicted octanol–water partition coefficient (Wildman–Crippen LogP) is 4.29. The number of benzene rings is 1. The molecule has 0 aromatic heterocycles. The first-order chi connectivity index (χ1) is 8.04. The van der Waals surface area contributed by atoms with Crippen LogP contribution in [-0.2, 0) is 0 Å². The minimum atomic E-state index is -0.447. The summed E-state index contributed by atoms with van der Waals surface area (Å²) < 4.78 is 5.83. The molecule has 0 saturated heterocycles. The van der Waals surface area contributed by atoms with Crippen LogP contribution in [0.5, 0.6) is 5.75 Å². The Morgan fingerprint density at radius 1 is 1.29 bits per heavy atom. The van der Waals surface area contributed by atoms with Gasteiger partial charge in [-0.05, 0) is 43.4 Å². The lowest BCUT2D eigenvalue weighted by Gasteiger charge is -2.27. The lowest BCUT2D eigenvalue weighted by molar-refractivity contribution is 0.169. The third-order valence-corrected chi connectivity index (χ3v) is 4.24. The molecule has 96 valence electrons. The molecule has 0 amide bonds. The third kappa shape index (κ3) is 3.97. The third-order valence-electron chi connectivity index (χ3n) is 3.32. The van der Waals surface area contributed by atoms with E-state index in [0.29, 0.717) is 5.92 Å². The van der Waals surface area contributed by atoms with Crippen LogP contribution in [0.3, 0.4) is 0 Å². The molecule has 0 bridgehead atoms. The molecule has 3 heteroatoms. The van der Waals surface area contributed by atoms with Crippen LogP contribution in [0.4, 0.5) is 0 Å². The summed E-state index contributed by atoms with van der Waals surface area (Å²) in [5.41, 5.74) is 1.34. The summed E-state index contributed by atoms with van der Waals surface area (Å²) in [5, 5.41) is -0.447. The molecular weight excluding hydrogens is 231 g/mol. The standard InChI is InChI=1S/C14H23O2P/c1-5-11(3)12-7-9-13(10-8-12)16-14(4,6-2)17-15/h7-11,15,17H,5-6H2,1-4H3. The molecule has 1 N–H and O–H groups in total. The first-order valence-corrected chi connectivity index (χ1v) is 7.19. The number of rotatable bonds is 6. The molecule has 0 aliphatic heterocycles. The molecule has 0 spiro atoms. The van der Waals surface area contributed by atoms with Gasteiger partial charge in [0.15, 0.2) is 0 Å². The molecule has 17 heavy (non-hydrogen) atoms. The zero-order valence-electron chi connectivity index (χ0n) is 11.2. The Balaban J connectivity index is 2.74. The van der Waals surface area contributed by atoms with Gasteiger partial charge in [0.2, 0.25) is 0 Å². The Morgan fingerprint density at radius 2 is 1.88 bits per heavy atom. The van der Waals surface area contributed by atoms with Crippen molar-refractivity contribution in [3.8, 4) is 5.75 Å². The molecule has 2 nitrogen and oxygen atoms in total. The molecule has 0 radical (unpaired) electrons. The Hall–Kier alpha value is -0.590. The summed E-state index contributed by atoms with van der Waals surface area (Å²) in [7, 11) is -0.202. The molecule has 0 fully saturated rings. The highest BCUT2D eigenvalue weighted by atomic mass is 31.1. The van der Waals surface area contributed by atoms with Gasteiger partial charge in [0, 0.05) is 0 Å². The van der Waals surface area contributed by atoms with Gasteiger partial charge in [0.05, 0.1) is 8.81 Å². The summed E-state index contributed by atoms with van der Waals surface area (Å²) in [6, 6.07) is 8.21. The van der Waals surface area contributed by atoms with Crippen molar-refractivity contribution in [1.29, 1.82) is 0 Å². The Bertz CT molecular complexity index is 331. The molecule has 0 heterocycles. The van der Waals surface area contributed by atoms with E-state index in [0.717, 1.165) is 18.6 Å². The molecule has 0 aliphatic rings. The second-order valence-corrected chi connectivity index (χ2v) is 5.96. The van der Waals surface area contributed by atoms with Crippen LogP contribution in [0.15, 0.2) is 24.3 Å². The highest BCUT2D eigenvalue weighted by Crippen LogP contribution is 2.34. The van der Waals surface area contributed by atoms with Crippen molar-refractivity contribution in [2.75, 3.05) is 0 Å². The maximum atomic E-state index is 9.33. The van der Waals surface area contributed by atoms with E-state index in [2.05, 4.69) is 26.0 Å². The van der Waals surface area contributed by atoms with E-state index in [-0.39, 0.29) is 8.81 Å². The van der Waals surface area contributed by atoms with Gasteiger partial charge in [0.1, 0.15) is 11.1 Å². The maximum Gasteiger partial charge on any atom is 0.146 e. The van der Waals surface area contributed by atoms with E-state index in [4.69, 9.17) is 4.74 Å². The fourth-order valence-corrected chi connectivity index (χ4v) is 1.86. The molecule has 3 unspecified atom stereocenters. The number of hydrogen-bond donors (Lipinski definition) is 1. The van der Waals surface area contributed by atoms with Gasteiger partial charge < -0.3 is 9.63 Å². The van der Waals surface area contributed by atoms with E-state index < -0.39 is 5.34 Å². The molecule has 1 rings (SSSR count). The van der Waals surface area contributed by atoms with Gasteiger partial charge in [-0.2, -0.15) is 0 Å². The fraction of sp³-hybridized carbons (Fsp3) is 0.571. The summed E-state index contributed by atoms with van der Waals surface area (Å²) in [6.45, 7) is 8.38. The zero-order chi connectivity index (χ0) is 12.9. The monoisotopic (exact) mass is 254 g/mol. The van der Waals surface area contributed by atoms with Gasteiger partial charge in [0.25, 0.3) is 0 Å². The molecule has 1 aromatic rings. The Morgan fingerprint density at radius 3 is 2.29 bits per heavy atom. The van der Waals surface area contributed by atoms with E-state index in [9.17, 15) is 4.89 Å². The second kappa shape index (κ2) is 6.37. The van der Waals surface area contributed by atoms with Gasteiger partial charge >= 0.3 is 0 Å². The van der Waals surface area contributed by atoms with Gasteiger partial charge in [-0.1, -0.05) is 32.9 Å². The van der Waals surface area contributed by atoms with Crippen molar-refractivity contribution in [3.63, 3.8) is 0 Å². The molecular formula is C14H23O2P. The Kier molecular flexibility index (Phi) is 5.42. The summed E-state index contributed by atoms with van der Waals surface area (Å²) in [4.78, 5) is 9.33. The van der Waals surface area contributed by atoms with Gasteiger partial charge in [-0.25, -0.2) is 0 Å². The largest absolute Gasteiger partial charge is 0.481 e. The highest BCUT2D eigenvalue weighted by molar-refractivity contribution is 7.32. The van der Waals surface area contributed by atoms with E-state index in [1.807, 2.05) is 26.0 Å². The molecule has 1 aromatic carbocycles. The first-order valence-electron chi connectivity index (χ1n) is 6.25.